The fraction of sp³-hybridized carbons (Fsp3) is 0.176. The Bertz CT molecular complexity index is 903. The molecule has 0 aliphatic carbocycles. The highest BCUT2D eigenvalue weighted by molar-refractivity contribution is 7.98. The van der Waals surface area contributed by atoms with Crippen molar-refractivity contribution < 1.29 is 14.9 Å². The summed E-state index contributed by atoms with van der Waals surface area (Å²) in [5.74, 6) is 0.264. The van der Waals surface area contributed by atoms with E-state index in [0.29, 0.717) is 21.9 Å². The van der Waals surface area contributed by atoms with Crippen molar-refractivity contribution in [1.82, 2.24) is 4.59 Å². The Labute approximate surface area is 144 Å². The number of benzene rings is 2. The van der Waals surface area contributed by atoms with Crippen molar-refractivity contribution in [2.24, 2.45) is 10.1 Å². The Balaban J connectivity index is 2.09. The lowest BCUT2D eigenvalue weighted by Crippen LogP contribution is -2.43. The third kappa shape index (κ3) is 2.81. The third-order valence-corrected chi connectivity index (χ3v) is 4.56. The first-order chi connectivity index (χ1) is 11.9. The predicted molar refractivity (Wildman–Crippen MR) is 94.0 cm³/mol. The second-order valence-electron chi connectivity index (χ2n) is 5.23. The molecule has 3 rings (SSSR count). The van der Waals surface area contributed by atoms with Crippen LogP contribution in [0.1, 0.15) is 6.93 Å². The summed E-state index contributed by atoms with van der Waals surface area (Å²) in [5, 5.41) is 3.94. The number of ether oxygens (including phenoxy) is 1. The van der Waals surface area contributed by atoms with Crippen LogP contribution in [0.25, 0.3) is 0 Å². The molecule has 4 nitrogen and oxygen atoms in total. The molecular weight excluding hydrogens is 332 g/mol. The number of hydrogen-bond acceptors (Lipinski definition) is 4. The number of rotatable bonds is 4. The maximum atomic E-state index is 14.2. The average molecular weight is 350 g/mol. The van der Waals surface area contributed by atoms with E-state index in [1.54, 1.807) is 37.6 Å². The van der Waals surface area contributed by atoms with Gasteiger partial charge in [0.25, 0.3) is 5.84 Å². The number of thioether (sulfide) groups is 1. The number of nitrogens with zero attached hydrogens (tertiary/aromatic N) is 3. The van der Waals surface area contributed by atoms with Crippen molar-refractivity contribution in [1.29, 1.82) is 0 Å². The van der Waals surface area contributed by atoms with E-state index in [4.69, 9.17) is 6.11 Å². The number of methoxy groups -OCH3 is 1. The second kappa shape index (κ2) is 6.33. The van der Waals surface area contributed by atoms with Crippen molar-refractivity contribution in [3.05, 3.63) is 53.8 Å². The summed E-state index contributed by atoms with van der Waals surface area (Å²) < 4.78 is 40.8. The van der Waals surface area contributed by atoms with Gasteiger partial charge in [0, 0.05) is 17.0 Å². The Kier molecular flexibility index (Phi) is 4.03. The van der Waals surface area contributed by atoms with Gasteiger partial charge in [-0.3, -0.25) is 0 Å². The summed E-state index contributed by atoms with van der Waals surface area (Å²) in [4.78, 5) is 4.37. The van der Waals surface area contributed by atoms with E-state index >= 15 is 0 Å². The van der Waals surface area contributed by atoms with Crippen molar-refractivity contribution in [2.75, 3.05) is 20.4 Å². The molecule has 7 heteroatoms. The van der Waals surface area contributed by atoms with E-state index in [-0.39, 0.29) is 16.5 Å². The van der Waals surface area contributed by atoms with Gasteiger partial charge in [-0.1, -0.05) is 0 Å². The minimum absolute atomic E-state index is 0.144. The molecule has 0 N–H and O–H groups in total. The molecule has 0 spiro atoms. The Morgan fingerprint density at radius 1 is 1.21 bits per heavy atom. The van der Waals surface area contributed by atoms with Gasteiger partial charge in [-0.05, 0) is 41.7 Å². The topological polar surface area (TPSA) is 34.0 Å². The van der Waals surface area contributed by atoms with Gasteiger partial charge in [0.1, 0.15) is 18.6 Å². The van der Waals surface area contributed by atoms with E-state index in [1.165, 1.54) is 31.0 Å². The molecule has 1 aliphatic heterocycles. The quantitative estimate of drug-likeness (QED) is 0.471. The van der Waals surface area contributed by atoms with Gasteiger partial charge in [0.2, 0.25) is 0 Å². The standard InChI is InChI=1S/C17H16F2N3OS/c1-22(12-6-9-15(24-3)14(18)10-12)16(20-17(19)21-22)11-4-7-13(23-2)8-5-11/h4-10H,1-3H3/q+1/i7T. The van der Waals surface area contributed by atoms with Crippen LogP contribution in [0.15, 0.2) is 57.4 Å². The molecule has 0 bridgehead atoms. The maximum Gasteiger partial charge on any atom is 0.364 e. The summed E-state index contributed by atoms with van der Waals surface area (Å²) >= 11 is 1.29. The highest BCUT2D eigenvalue weighted by Crippen LogP contribution is 2.33. The highest BCUT2D eigenvalue weighted by Gasteiger charge is 2.41. The molecule has 124 valence electrons. The normalized spacial score (nSPS) is 20.5. The van der Waals surface area contributed by atoms with Crippen molar-refractivity contribution in [3.8, 4) is 5.75 Å². The summed E-state index contributed by atoms with van der Waals surface area (Å²) in [6.07, 6.45) is 0.886. The van der Waals surface area contributed by atoms with Crippen molar-refractivity contribution >= 4 is 29.4 Å². The van der Waals surface area contributed by atoms with Crippen LogP contribution in [0.4, 0.5) is 14.5 Å². The fourth-order valence-corrected chi connectivity index (χ4v) is 2.98. The molecule has 0 amide bonds. The van der Waals surface area contributed by atoms with Gasteiger partial charge in [0.15, 0.2) is 5.69 Å². The summed E-state index contributed by atoms with van der Waals surface area (Å²) in [6.45, 7) is 0. The minimum Gasteiger partial charge on any atom is -0.497 e. The maximum absolute atomic E-state index is 14.2. The molecule has 2 aromatic carbocycles. The zero-order chi connectivity index (χ0) is 18.2. The first-order valence-corrected chi connectivity index (χ1v) is 8.32. The Hall–Kier alpha value is -2.25. The molecule has 0 aromatic heterocycles. The van der Waals surface area contributed by atoms with Gasteiger partial charge in [-0.15, -0.1) is 21.3 Å². The molecule has 2 aromatic rings. The van der Waals surface area contributed by atoms with Crippen LogP contribution < -0.4 is 9.33 Å². The van der Waals surface area contributed by atoms with Gasteiger partial charge < -0.3 is 4.74 Å². The molecule has 0 radical (unpaired) electrons. The molecule has 1 heterocycles. The number of halogens is 2. The van der Waals surface area contributed by atoms with Crippen LogP contribution in [0.2, 0.25) is 0 Å². The third-order valence-electron chi connectivity index (χ3n) is 3.79. The van der Waals surface area contributed by atoms with Crippen LogP contribution in [0, 0.1) is 5.82 Å². The van der Waals surface area contributed by atoms with Crippen LogP contribution >= 0.6 is 11.8 Å². The van der Waals surface area contributed by atoms with E-state index in [1.807, 2.05) is 0 Å². The number of quaternary nitrogens is 1. The summed E-state index contributed by atoms with van der Waals surface area (Å²) in [7, 11) is 3.09. The molecule has 1 aliphatic rings. The van der Waals surface area contributed by atoms with Gasteiger partial charge >= 0.3 is 6.09 Å². The zero-order valence-corrected chi connectivity index (χ0v) is 14.2. The van der Waals surface area contributed by atoms with Gasteiger partial charge in [-0.2, -0.15) is 4.39 Å². The van der Waals surface area contributed by atoms with Crippen molar-refractivity contribution in [3.63, 3.8) is 0 Å². The summed E-state index contributed by atoms with van der Waals surface area (Å²) in [5.41, 5.74) is 0.947. The lowest BCUT2D eigenvalue weighted by molar-refractivity contribution is 0.414. The van der Waals surface area contributed by atoms with E-state index in [0.717, 1.165) is 0 Å². The molecule has 1 atom stereocenters. The smallest absolute Gasteiger partial charge is 0.364 e. The molecule has 0 saturated heterocycles. The fourth-order valence-electron chi connectivity index (χ4n) is 2.52. The summed E-state index contributed by atoms with van der Waals surface area (Å²) in [6, 6.07) is 9.60. The number of aliphatic imine (C=N–C) groups is 1. The largest absolute Gasteiger partial charge is 0.497 e. The lowest BCUT2D eigenvalue weighted by Gasteiger charge is -2.24. The van der Waals surface area contributed by atoms with E-state index in [2.05, 4.69) is 10.1 Å². The zero-order valence-electron chi connectivity index (χ0n) is 14.4. The molecule has 0 saturated carbocycles. The number of amidine groups is 2. The van der Waals surface area contributed by atoms with E-state index < -0.39 is 11.9 Å². The first-order valence-electron chi connectivity index (χ1n) is 7.59. The monoisotopic (exact) mass is 350 g/mol. The van der Waals surface area contributed by atoms with Crippen molar-refractivity contribution in [2.45, 2.75) is 4.90 Å². The second-order valence-corrected chi connectivity index (χ2v) is 6.08. The SMILES string of the molecule is [3H]c1cc(C2=NC(F)=N[N+]2(C)c2ccc(SC)c(F)c2)ccc1OC. The van der Waals surface area contributed by atoms with E-state index in [9.17, 15) is 8.78 Å². The van der Waals surface area contributed by atoms with Crippen LogP contribution in [-0.4, -0.2) is 32.3 Å². The Morgan fingerprint density at radius 2 is 2.00 bits per heavy atom. The molecule has 0 fully saturated rings. The van der Waals surface area contributed by atoms with Gasteiger partial charge in [-0.25, -0.2) is 4.39 Å². The minimum atomic E-state index is -0.894. The lowest BCUT2D eigenvalue weighted by atomic mass is 10.1. The molecular formula is C17H16F2N3OS+. The Morgan fingerprint density at radius 3 is 2.62 bits per heavy atom. The van der Waals surface area contributed by atoms with Crippen LogP contribution in [0.3, 0.4) is 0 Å². The van der Waals surface area contributed by atoms with Gasteiger partial charge in [0.05, 0.1) is 14.0 Å². The predicted octanol–water partition coefficient (Wildman–Crippen LogP) is 4.19. The molecule has 24 heavy (non-hydrogen) atoms. The highest BCUT2D eigenvalue weighted by atomic mass is 32.2. The van der Waals surface area contributed by atoms with Crippen LogP contribution in [0.5, 0.6) is 5.75 Å². The first kappa shape index (κ1) is 15.3. The van der Waals surface area contributed by atoms with Crippen LogP contribution in [-0.2, 0) is 0 Å². The molecule has 1 unspecified atom stereocenters. The average Bonchev–Trinajstić information content (AvgIpc) is 2.90. The number of hydrogen-bond donors (Lipinski definition) is 0.